The quantitative estimate of drug-likeness (QED) is 0.703. The lowest BCUT2D eigenvalue weighted by Crippen LogP contribution is -2.06. The number of hydrogen-bond donors (Lipinski definition) is 2. The van der Waals surface area contributed by atoms with E-state index in [0.717, 1.165) is 11.3 Å². The molecule has 4 heteroatoms. The summed E-state index contributed by atoms with van der Waals surface area (Å²) in [4.78, 5) is 0. The molecule has 0 heterocycles. The van der Waals surface area contributed by atoms with Crippen molar-refractivity contribution in [1.29, 1.82) is 0 Å². The summed E-state index contributed by atoms with van der Waals surface area (Å²) in [6.07, 6.45) is 0. The van der Waals surface area contributed by atoms with E-state index in [-0.39, 0.29) is 0 Å². The van der Waals surface area contributed by atoms with Crippen molar-refractivity contribution >= 4 is 0 Å². The monoisotopic (exact) mass is 197 g/mol. The van der Waals surface area contributed by atoms with Crippen LogP contribution < -0.4 is 15.0 Å². The summed E-state index contributed by atoms with van der Waals surface area (Å²) < 4.78 is 10.5. The van der Waals surface area contributed by atoms with Crippen molar-refractivity contribution in [1.82, 2.24) is 5.48 Å². The van der Waals surface area contributed by atoms with E-state index in [1.54, 1.807) is 7.11 Å². The zero-order valence-electron chi connectivity index (χ0n) is 8.41. The van der Waals surface area contributed by atoms with E-state index in [4.69, 9.17) is 14.7 Å². The molecular weight excluding hydrogens is 182 g/mol. The lowest BCUT2D eigenvalue weighted by atomic mass is 10.2. The van der Waals surface area contributed by atoms with Gasteiger partial charge in [-0.2, -0.15) is 0 Å². The van der Waals surface area contributed by atoms with E-state index >= 15 is 0 Å². The standard InChI is InChI=1S/C10H15NO3/c1-3-14-9-5-4-8(7-11-12)6-10(9)13-2/h4-6,11-12H,3,7H2,1-2H3. The molecule has 2 N–H and O–H groups in total. The van der Waals surface area contributed by atoms with Gasteiger partial charge in [0.2, 0.25) is 0 Å². The molecule has 1 aromatic rings. The second-order valence-corrected chi connectivity index (χ2v) is 2.75. The van der Waals surface area contributed by atoms with Crippen LogP contribution in [0.4, 0.5) is 0 Å². The molecule has 4 nitrogen and oxygen atoms in total. The molecule has 0 aliphatic carbocycles. The van der Waals surface area contributed by atoms with Crippen LogP contribution in [-0.4, -0.2) is 18.9 Å². The second kappa shape index (κ2) is 5.47. The molecule has 1 aromatic carbocycles. The van der Waals surface area contributed by atoms with Gasteiger partial charge in [0.05, 0.1) is 13.7 Å². The summed E-state index contributed by atoms with van der Waals surface area (Å²) in [5.41, 5.74) is 3.03. The van der Waals surface area contributed by atoms with Crippen molar-refractivity contribution in [3.63, 3.8) is 0 Å². The first-order valence-electron chi connectivity index (χ1n) is 4.48. The van der Waals surface area contributed by atoms with E-state index in [1.807, 2.05) is 25.1 Å². The smallest absolute Gasteiger partial charge is 0.161 e. The number of benzene rings is 1. The van der Waals surface area contributed by atoms with Crippen molar-refractivity contribution in [3.8, 4) is 11.5 Å². The van der Waals surface area contributed by atoms with Crippen LogP contribution in [-0.2, 0) is 6.54 Å². The van der Waals surface area contributed by atoms with Crippen molar-refractivity contribution < 1.29 is 14.7 Å². The summed E-state index contributed by atoms with van der Waals surface area (Å²) in [5.74, 6) is 1.40. The van der Waals surface area contributed by atoms with Crippen LogP contribution in [0.2, 0.25) is 0 Å². The van der Waals surface area contributed by atoms with Crippen molar-refractivity contribution in [2.75, 3.05) is 13.7 Å². The maximum Gasteiger partial charge on any atom is 0.161 e. The highest BCUT2D eigenvalue weighted by Crippen LogP contribution is 2.27. The Hall–Kier alpha value is -1.26. The molecule has 0 aliphatic rings. The summed E-state index contributed by atoms with van der Waals surface area (Å²) in [5, 5.41) is 8.53. The first kappa shape index (κ1) is 10.8. The Balaban J connectivity index is 2.87. The molecule has 78 valence electrons. The van der Waals surface area contributed by atoms with Gasteiger partial charge in [-0.15, -0.1) is 0 Å². The van der Waals surface area contributed by atoms with E-state index in [2.05, 4.69) is 5.48 Å². The van der Waals surface area contributed by atoms with Gasteiger partial charge in [-0.1, -0.05) is 6.07 Å². The molecule has 0 radical (unpaired) electrons. The highest BCUT2D eigenvalue weighted by atomic mass is 16.5. The van der Waals surface area contributed by atoms with E-state index in [1.165, 1.54) is 0 Å². The number of hydroxylamine groups is 1. The number of nitrogens with one attached hydrogen (secondary N) is 1. The predicted octanol–water partition coefficient (Wildman–Crippen LogP) is 1.57. The molecule has 0 aromatic heterocycles. The Morgan fingerprint density at radius 2 is 2.14 bits per heavy atom. The molecule has 0 fully saturated rings. The Morgan fingerprint density at radius 3 is 2.71 bits per heavy atom. The zero-order chi connectivity index (χ0) is 10.4. The van der Waals surface area contributed by atoms with Gasteiger partial charge < -0.3 is 14.7 Å². The molecule has 0 saturated heterocycles. The van der Waals surface area contributed by atoms with Crippen molar-refractivity contribution in [2.24, 2.45) is 0 Å². The molecule has 0 aliphatic heterocycles. The van der Waals surface area contributed by atoms with Crippen LogP contribution in [0.1, 0.15) is 12.5 Å². The molecule has 0 saturated carbocycles. The highest BCUT2D eigenvalue weighted by molar-refractivity contribution is 5.42. The van der Waals surface area contributed by atoms with Crippen LogP contribution in [0.5, 0.6) is 11.5 Å². The molecule has 0 unspecified atom stereocenters. The van der Waals surface area contributed by atoms with Gasteiger partial charge in [0.1, 0.15) is 0 Å². The Bertz CT molecular complexity index is 289. The summed E-state index contributed by atoms with van der Waals surface area (Å²) in [6.45, 7) is 2.92. The molecule has 0 amide bonds. The second-order valence-electron chi connectivity index (χ2n) is 2.75. The largest absolute Gasteiger partial charge is 0.493 e. The highest BCUT2D eigenvalue weighted by Gasteiger charge is 2.04. The predicted molar refractivity (Wildman–Crippen MR) is 52.8 cm³/mol. The van der Waals surface area contributed by atoms with Gasteiger partial charge in [-0.3, -0.25) is 0 Å². The minimum atomic E-state index is 0.392. The first-order valence-corrected chi connectivity index (χ1v) is 4.48. The van der Waals surface area contributed by atoms with Gasteiger partial charge in [0.15, 0.2) is 11.5 Å². The van der Waals surface area contributed by atoms with E-state index in [0.29, 0.717) is 18.9 Å². The number of rotatable bonds is 5. The average molecular weight is 197 g/mol. The maximum absolute atomic E-state index is 8.53. The lowest BCUT2D eigenvalue weighted by molar-refractivity contribution is 0.161. The topological polar surface area (TPSA) is 50.7 Å². The van der Waals surface area contributed by atoms with Gasteiger partial charge in [0, 0.05) is 6.54 Å². The summed E-state index contributed by atoms with van der Waals surface area (Å²) in [7, 11) is 1.59. The fraction of sp³-hybridized carbons (Fsp3) is 0.400. The number of hydrogen-bond acceptors (Lipinski definition) is 4. The molecular formula is C10H15NO3. The fourth-order valence-corrected chi connectivity index (χ4v) is 1.19. The molecule has 0 bridgehead atoms. The average Bonchev–Trinajstić information content (AvgIpc) is 2.21. The number of methoxy groups -OCH3 is 1. The molecule has 0 spiro atoms. The zero-order valence-corrected chi connectivity index (χ0v) is 8.41. The molecule has 1 rings (SSSR count). The Kier molecular flexibility index (Phi) is 4.22. The van der Waals surface area contributed by atoms with Crippen LogP contribution in [0.25, 0.3) is 0 Å². The van der Waals surface area contributed by atoms with Gasteiger partial charge in [-0.25, -0.2) is 5.48 Å². The Morgan fingerprint density at radius 1 is 1.36 bits per heavy atom. The number of ether oxygens (including phenoxy) is 2. The van der Waals surface area contributed by atoms with Crippen molar-refractivity contribution in [3.05, 3.63) is 23.8 Å². The third-order valence-corrected chi connectivity index (χ3v) is 1.81. The SMILES string of the molecule is CCOc1ccc(CNO)cc1OC. The van der Waals surface area contributed by atoms with E-state index < -0.39 is 0 Å². The van der Waals surface area contributed by atoms with Gasteiger partial charge >= 0.3 is 0 Å². The fourth-order valence-electron chi connectivity index (χ4n) is 1.19. The minimum Gasteiger partial charge on any atom is -0.493 e. The normalized spacial score (nSPS) is 9.93. The summed E-state index contributed by atoms with van der Waals surface area (Å²) >= 11 is 0. The molecule has 14 heavy (non-hydrogen) atoms. The van der Waals surface area contributed by atoms with Gasteiger partial charge in [-0.05, 0) is 24.6 Å². The maximum atomic E-state index is 8.53. The van der Waals surface area contributed by atoms with Crippen LogP contribution in [0.3, 0.4) is 0 Å². The van der Waals surface area contributed by atoms with Gasteiger partial charge in [0.25, 0.3) is 0 Å². The van der Waals surface area contributed by atoms with Crippen LogP contribution in [0, 0.1) is 0 Å². The molecule has 0 atom stereocenters. The van der Waals surface area contributed by atoms with E-state index in [9.17, 15) is 0 Å². The third-order valence-electron chi connectivity index (χ3n) is 1.81. The lowest BCUT2D eigenvalue weighted by Gasteiger charge is -2.10. The first-order chi connectivity index (χ1) is 6.81. The van der Waals surface area contributed by atoms with Crippen LogP contribution >= 0.6 is 0 Å². The minimum absolute atomic E-state index is 0.392. The van der Waals surface area contributed by atoms with Crippen molar-refractivity contribution in [2.45, 2.75) is 13.5 Å². The van der Waals surface area contributed by atoms with Crippen LogP contribution in [0.15, 0.2) is 18.2 Å². The third kappa shape index (κ3) is 2.61. The summed E-state index contributed by atoms with van der Waals surface area (Å²) in [6, 6.07) is 5.53. The Labute approximate surface area is 83.4 Å².